The zero-order chi connectivity index (χ0) is 20.1. The largest absolute Gasteiger partial charge is 0.372 e. The molecular formula is C24H27N3OS. The maximum Gasteiger partial charge on any atom is 0.266 e. The molecule has 29 heavy (non-hydrogen) atoms. The first-order valence-corrected chi connectivity index (χ1v) is 11.3. The smallest absolute Gasteiger partial charge is 0.266 e. The molecule has 150 valence electrons. The summed E-state index contributed by atoms with van der Waals surface area (Å²) in [5.74, 6) is 0.0478. The standard InChI is InChI=1S/C24H27N3OS/c1-2-15-27-23(28)22(29-24(27)25-20-9-5-3-6-10-20)18-19-11-13-21(14-12-19)26-16-7-4-8-17-26/h3,5-6,9-14,18H,2,4,7-8,15-17H2,1H3/b22-18-,25-24?. The van der Waals surface area contributed by atoms with Crippen LogP contribution >= 0.6 is 11.8 Å². The van der Waals surface area contributed by atoms with Crippen molar-refractivity contribution < 1.29 is 4.79 Å². The van der Waals surface area contributed by atoms with Gasteiger partial charge in [-0.2, -0.15) is 0 Å². The van der Waals surface area contributed by atoms with Crippen LogP contribution in [0.15, 0.2) is 64.5 Å². The Balaban J connectivity index is 1.55. The molecular weight excluding hydrogens is 378 g/mol. The van der Waals surface area contributed by atoms with Crippen LogP contribution in [0.5, 0.6) is 0 Å². The van der Waals surface area contributed by atoms with E-state index in [9.17, 15) is 4.79 Å². The molecule has 2 saturated heterocycles. The summed E-state index contributed by atoms with van der Waals surface area (Å²) in [6.45, 7) is 5.04. The second-order valence-corrected chi connectivity index (χ2v) is 8.45. The van der Waals surface area contributed by atoms with Crippen molar-refractivity contribution in [3.8, 4) is 0 Å². The molecule has 0 atom stereocenters. The van der Waals surface area contributed by atoms with Gasteiger partial charge in [-0.3, -0.25) is 9.69 Å². The number of anilines is 1. The lowest BCUT2D eigenvalue weighted by molar-refractivity contribution is -0.122. The van der Waals surface area contributed by atoms with Crippen molar-refractivity contribution in [3.05, 3.63) is 65.1 Å². The topological polar surface area (TPSA) is 35.9 Å². The number of aliphatic imine (C=N–C) groups is 1. The normalized spacial score (nSPS) is 20.1. The Morgan fingerprint density at radius 3 is 2.41 bits per heavy atom. The van der Waals surface area contributed by atoms with Crippen molar-refractivity contribution in [2.24, 2.45) is 4.99 Å². The average molecular weight is 406 g/mol. The highest BCUT2D eigenvalue weighted by atomic mass is 32.2. The molecule has 5 heteroatoms. The number of carbonyl (C=O) groups excluding carboxylic acids is 1. The Morgan fingerprint density at radius 1 is 1.00 bits per heavy atom. The van der Waals surface area contributed by atoms with E-state index in [1.807, 2.05) is 36.4 Å². The van der Waals surface area contributed by atoms with Crippen LogP contribution < -0.4 is 4.90 Å². The van der Waals surface area contributed by atoms with E-state index in [2.05, 4.69) is 36.1 Å². The van der Waals surface area contributed by atoms with E-state index in [4.69, 9.17) is 4.99 Å². The lowest BCUT2D eigenvalue weighted by Gasteiger charge is -2.28. The first-order chi connectivity index (χ1) is 14.2. The quantitative estimate of drug-likeness (QED) is 0.600. The minimum absolute atomic E-state index is 0.0478. The Labute approximate surface area is 177 Å². The maximum atomic E-state index is 13.0. The van der Waals surface area contributed by atoms with Crippen LogP contribution in [-0.4, -0.2) is 35.6 Å². The Kier molecular flexibility index (Phi) is 6.35. The third kappa shape index (κ3) is 4.73. The number of amidine groups is 1. The highest BCUT2D eigenvalue weighted by molar-refractivity contribution is 8.18. The van der Waals surface area contributed by atoms with Crippen LogP contribution in [-0.2, 0) is 4.79 Å². The van der Waals surface area contributed by atoms with Crippen molar-refractivity contribution in [1.29, 1.82) is 0 Å². The summed E-state index contributed by atoms with van der Waals surface area (Å²) in [6.07, 6.45) is 6.77. The number of carbonyl (C=O) groups is 1. The van der Waals surface area contributed by atoms with Gasteiger partial charge in [0.15, 0.2) is 5.17 Å². The van der Waals surface area contributed by atoms with Crippen LogP contribution in [0.1, 0.15) is 38.2 Å². The van der Waals surface area contributed by atoms with Gasteiger partial charge in [-0.15, -0.1) is 0 Å². The summed E-state index contributed by atoms with van der Waals surface area (Å²) in [5.41, 5.74) is 3.20. The van der Waals surface area contributed by atoms with E-state index in [1.165, 1.54) is 36.7 Å². The molecule has 0 aromatic heterocycles. The number of hydrogen-bond donors (Lipinski definition) is 0. The van der Waals surface area contributed by atoms with Gasteiger partial charge in [0.1, 0.15) is 0 Å². The van der Waals surface area contributed by atoms with E-state index < -0.39 is 0 Å². The van der Waals surface area contributed by atoms with Crippen LogP contribution in [0.3, 0.4) is 0 Å². The molecule has 2 aliphatic rings. The van der Waals surface area contributed by atoms with Crippen molar-refractivity contribution >= 4 is 40.3 Å². The van der Waals surface area contributed by atoms with Gasteiger partial charge in [-0.05, 0) is 73.4 Å². The zero-order valence-electron chi connectivity index (χ0n) is 16.9. The van der Waals surface area contributed by atoms with E-state index in [0.717, 1.165) is 40.8 Å². The molecule has 2 aromatic carbocycles. The molecule has 0 radical (unpaired) electrons. The molecule has 0 unspecified atom stereocenters. The number of benzene rings is 2. The highest BCUT2D eigenvalue weighted by Gasteiger charge is 2.32. The molecule has 2 fully saturated rings. The summed E-state index contributed by atoms with van der Waals surface area (Å²) in [7, 11) is 0. The predicted molar refractivity (Wildman–Crippen MR) is 124 cm³/mol. The van der Waals surface area contributed by atoms with E-state index in [-0.39, 0.29) is 5.91 Å². The Morgan fingerprint density at radius 2 is 1.72 bits per heavy atom. The minimum atomic E-state index is 0.0478. The molecule has 1 amide bonds. The van der Waals surface area contributed by atoms with Crippen LogP contribution in [0.2, 0.25) is 0 Å². The number of rotatable bonds is 5. The lowest BCUT2D eigenvalue weighted by atomic mass is 10.1. The van der Waals surface area contributed by atoms with E-state index in [1.54, 1.807) is 4.90 Å². The Bertz CT molecular complexity index is 899. The fraction of sp³-hybridized carbons (Fsp3) is 0.333. The van der Waals surface area contributed by atoms with Crippen LogP contribution in [0, 0.1) is 0 Å². The molecule has 4 rings (SSSR count). The second-order valence-electron chi connectivity index (χ2n) is 7.44. The van der Waals surface area contributed by atoms with Crippen molar-refractivity contribution in [2.45, 2.75) is 32.6 Å². The zero-order valence-corrected chi connectivity index (χ0v) is 17.7. The van der Waals surface area contributed by atoms with Crippen molar-refractivity contribution in [2.75, 3.05) is 24.5 Å². The van der Waals surface area contributed by atoms with E-state index in [0.29, 0.717) is 6.54 Å². The summed E-state index contributed by atoms with van der Waals surface area (Å²) < 4.78 is 0. The van der Waals surface area contributed by atoms with Gasteiger partial charge < -0.3 is 4.90 Å². The SMILES string of the molecule is CCCN1C(=O)/C(=C/c2ccc(N3CCCCC3)cc2)SC1=Nc1ccccc1. The summed E-state index contributed by atoms with van der Waals surface area (Å²) in [4.78, 5) is 22.7. The first kappa shape index (κ1) is 19.8. The van der Waals surface area contributed by atoms with Crippen molar-refractivity contribution in [1.82, 2.24) is 4.90 Å². The number of nitrogens with zero attached hydrogens (tertiary/aromatic N) is 3. The Hall–Kier alpha value is -2.53. The van der Waals surface area contributed by atoms with Gasteiger partial charge in [0.05, 0.1) is 10.6 Å². The highest BCUT2D eigenvalue weighted by Crippen LogP contribution is 2.34. The molecule has 2 aliphatic heterocycles. The number of hydrogen-bond acceptors (Lipinski definition) is 4. The number of amides is 1. The number of para-hydroxylation sites is 1. The molecule has 0 saturated carbocycles. The van der Waals surface area contributed by atoms with Crippen LogP contribution in [0.25, 0.3) is 6.08 Å². The second kappa shape index (κ2) is 9.31. The van der Waals surface area contributed by atoms with Crippen molar-refractivity contribution in [3.63, 3.8) is 0 Å². The molecule has 4 nitrogen and oxygen atoms in total. The molecule has 0 bridgehead atoms. The third-order valence-electron chi connectivity index (χ3n) is 5.23. The van der Waals surface area contributed by atoms with Gasteiger partial charge in [0.25, 0.3) is 5.91 Å². The monoisotopic (exact) mass is 405 g/mol. The summed E-state index contributed by atoms with van der Waals surface area (Å²) in [6, 6.07) is 18.4. The fourth-order valence-electron chi connectivity index (χ4n) is 3.71. The third-order valence-corrected chi connectivity index (χ3v) is 6.23. The molecule has 2 heterocycles. The van der Waals surface area contributed by atoms with Crippen LogP contribution in [0.4, 0.5) is 11.4 Å². The van der Waals surface area contributed by atoms with E-state index >= 15 is 0 Å². The number of piperidine rings is 1. The van der Waals surface area contributed by atoms with Gasteiger partial charge in [0, 0.05) is 25.3 Å². The molecule has 0 N–H and O–H groups in total. The molecule has 0 spiro atoms. The van der Waals surface area contributed by atoms with Gasteiger partial charge >= 0.3 is 0 Å². The minimum Gasteiger partial charge on any atom is -0.372 e. The predicted octanol–water partition coefficient (Wildman–Crippen LogP) is 5.69. The number of thioether (sulfide) groups is 1. The van der Waals surface area contributed by atoms with Gasteiger partial charge in [-0.25, -0.2) is 4.99 Å². The molecule has 2 aromatic rings. The summed E-state index contributed by atoms with van der Waals surface area (Å²) in [5, 5.41) is 0.763. The summed E-state index contributed by atoms with van der Waals surface area (Å²) >= 11 is 1.47. The average Bonchev–Trinajstić information content (AvgIpc) is 3.05. The van der Waals surface area contributed by atoms with Gasteiger partial charge in [0.2, 0.25) is 0 Å². The maximum absolute atomic E-state index is 13.0. The first-order valence-electron chi connectivity index (χ1n) is 10.4. The molecule has 0 aliphatic carbocycles. The van der Waals surface area contributed by atoms with Gasteiger partial charge in [-0.1, -0.05) is 37.3 Å². The fourth-order valence-corrected chi connectivity index (χ4v) is 4.73. The lowest BCUT2D eigenvalue weighted by Crippen LogP contribution is -2.29.